The van der Waals surface area contributed by atoms with Gasteiger partial charge in [-0.3, -0.25) is 4.79 Å². The second kappa shape index (κ2) is 7.38. The Morgan fingerprint density at radius 1 is 1.05 bits per heavy atom. The molecule has 0 bridgehead atoms. The summed E-state index contributed by atoms with van der Waals surface area (Å²) < 4.78 is 10.2. The van der Waals surface area contributed by atoms with Crippen LogP contribution in [0.25, 0.3) is 0 Å². The molecule has 0 aromatic heterocycles. The highest BCUT2D eigenvalue weighted by Crippen LogP contribution is 2.20. The number of aliphatic hydroxyl groups excluding tert-OH is 1. The average Bonchev–Trinajstić information content (AvgIpc) is 2.53. The Morgan fingerprint density at radius 3 is 2.50 bits per heavy atom. The maximum absolute atomic E-state index is 12.1. The van der Waals surface area contributed by atoms with E-state index in [9.17, 15) is 9.59 Å². The van der Waals surface area contributed by atoms with Crippen molar-refractivity contribution in [2.75, 3.05) is 0 Å². The fraction of sp³-hybridized carbons (Fsp3) is 0.176. The SMILES string of the molecule is CC(=O)Oc1ccccc1C(=O)OCc1cccc(CO)c1. The van der Waals surface area contributed by atoms with E-state index < -0.39 is 11.9 Å². The maximum atomic E-state index is 12.1. The molecule has 2 aromatic rings. The van der Waals surface area contributed by atoms with E-state index in [1.807, 2.05) is 0 Å². The highest BCUT2D eigenvalue weighted by molar-refractivity contribution is 5.93. The summed E-state index contributed by atoms with van der Waals surface area (Å²) in [6.07, 6.45) is 0. The largest absolute Gasteiger partial charge is 0.457 e. The maximum Gasteiger partial charge on any atom is 0.342 e. The number of aliphatic hydroxyl groups is 1. The topological polar surface area (TPSA) is 72.8 Å². The smallest absolute Gasteiger partial charge is 0.342 e. The van der Waals surface area contributed by atoms with Crippen LogP contribution in [0.2, 0.25) is 0 Å². The Kier molecular flexibility index (Phi) is 5.27. The van der Waals surface area contributed by atoms with E-state index in [2.05, 4.69) is 0 Å². The number of hydrogen-bond acceptors (Lipinski definition) is 5. The first-order valence-corrected chi connectivity index (χ1v) is 6.73. The van der Waals surface area contributed by atoms with Gasteiger partial charge in [0.05, 0.1) is 6.61 Å². The monoisotopic (exact) mass is 300 g/mol. The molecule has 0 saturated carbocycles. The average molecular weight is 300 g/mol. The van der Waals surface area contributed by atoms with E-state index in [1.54, 1.807) is 36.4 Å². The van der Waals surface area contributed by atoms with Crippen molar-refractivity contribution in [3.63, 3.8) is 0 Å². The number of esters is 2. The molecule has 0 aliphatic heterocycles. The summed E-state index contributed by atoms with van der Waals surface area (Å²) in [6.45, 7) is 1.26. The van der Waals surface area contributed by atoms with Gasteiger partial charge in [-0.25, -0.2) is 4.79 Å². The molecule has 22 heavy (non-hydrogen) atoms. The predicted molar refractivity (Wildman–Crippen MR) is 79.2 cm³/mol. The molecular weight excluding hydrogens is 284 g/mol. The fourth-order valence-electron chi connectivity index (χ4n) is 1.92. The summed E-state index contributed by atoms with van der Waals surface area (Å²) in [7, 11) is 0. The number of rotatable bonds is 5. The number of ether oxygens (including phenoxy) is 2. The number of benzene rings is 2. The highest BCUT2D eigenvalue weighted by Gasteiger charge is 2.15. The van der Waals surface area contributed by atoms with Gasteiger partial charge in [0.15, 0.2) is 0 Å². The first-order chi connectivity index (χ1) is 10.6. The van der Waals surface area contributed by atoms with Gasteiger partial charge in [-0.2, -0.15) is 0 Å². The molecule has 5 heteroatoms. The zero-order valence-corrected chi connectivity index (χ0v) is 12.1. The van der Waals surface area contributed by atoms with E-state index in [0.717, 1.165) is 11.1 Å². The lowest BCUT2D eigenvalue weighted by Crippen LogP contribution is -2.10. The van der Waals surface area contributed by atoms with Crippen molar-refractivity contribution in [1.29, 1.82) is 0 Å². The summed E-state index contributed by atoms with van der Waals surface area (Å²) >= 11 is 0. The van der Waals surface area contributed by atoms with Gasteiger partial charge in [-0.1, -0.05) is 36.4 Å². The van der Waals surface area contributed by atoms with Gasteiger partial charge in [-0.15, -0.1) is 0 Å². The van der Waals surface area contributed by atoms with Gasteiger partial charge in [0.1, 0.15) is 17.9 Å². The van der Waals surface area contributed by atoms with Crippen LogP contribution in [0, 0.1) is 0 Å². The van der Waals surface area contributed by atoms with Crippen LogP contribution in [0.15, 0.2) is 48.5 Å². The van der Waals surface area contributed by atoms with Crippen molar-refractivity contribution >= 4 is 11.9 Å². The van der Waals surface area contributed by atoms with E-state index in [1.165, 1.54) is 19.1 Å². The first-order valence-electron chi connectivity index (χ1n) is 6.73. The summed E-state index contributed by atoms with van der Waals surface area (Å²) in [5.74, 6) is -0.911. The minimum atomic E-state index is -0.578. The van der Waals surface area contributed by atoms with Crippen LogP contribution in [0.5, 0.6) is 5.75 Å². The van der Waals surface area contributed by atoms with Crippen LogP contribution >= 0.6 is 0 Å². The van der Waals surface area contributed by atoms with E-state index in [4.69, 9.17) is 14.6 Å². The molecule has 5 nitrogen and oxygen atoms in total. The number of carbonyl (C=O) groups is 2. The van der Waals surface area contributed by atoms with Crippen molar-refractivity contribution in [2.45, 2.75) is 20.1 Å². The summed E-state index contributed by atoms with van der Waals surface area (Å²) in [4.78, 5) is 23.2. The highest BCUT2D eigenvalue weighted by atomic mass is 16.5. The normalized spacial score (nSPS) is 10.1. The standard InChI is InChI=1S/C17H16O5/c1-12(19)22-16-8-3-2-7-15(16)17(20)21-11-14-6-4-5-13(9-14)10-18/h2-9,18H,10-11H2,1H3. The van der Waals surface area contributed by atoms with Crippen molar-refractivity contribution in [3.8, 4) is 5.75 Å². The lowest BCUT2D eigenvalue weighted by molar-refractivity contribution is -0.131. The van der Waals surface area contributed by atoms with Crippen LogP contribution in [-0.4, -0.2) is 17.0 Å². The van der Waals surface area contributed by atoms with Gasteiger partial charge in [-0.05, 0) is 23.3 Å². The summed E-state index contributed by atoms with van der Waals surface area (Å²) in [6, 6.07) is 13.5. The first kappa shape index (κ1) is 15.7. The Hall–Kier alpha value is -2.66. The molecular formula is C17H16O5. The van der Waals surface area contributed by atoms with Gasteiger partial charge in [0, 0.05) is 6.92 Å². The minimum absolute atomic E-state index is 0.0705. The van der Waals surface area contributed by atoms with Gasteiger partial charge >= 0.3 is 11.9 Å². The number of para-hydroxylation sites is 1. The van der Waals surface area contributed by atoms with Crippen LogP contribution < -0.4 is 4.74 Å². The molecule has 0 radical (unpaired) electrons. The Morgan fingerprint density at radius 2 is 1.77 bits per heavy atom. The third-order valence-corrected chi connectivity index (χ3v) is 2.90. The van der Waals surface area contributed by atoms with Crippen molar-refractivity contribution < 1.29 is 24.2 Å². The van der Waals surface area contributed by atoms with Crippen LogP contribution in [0.4, 0.5) is 0 Å². The fourth-order valence-corrected chi connectivity index (χ4v) is 1.92. The molecule has 0 unspecified atom stereocenters. The number of carbonyl (C=O) groups excluding carboxylic acids is 2. The van der Waals surface area contributed by atoms with E-state index >= 15 is 0 Å². The van der Waals surface area contributed by atoms with Crippen LogP contribution in [-0.2, 0) is 22.7 Å². The molecule has 2 rings (SSSR count). The van der Waals surface area contributed by atoms with Gasteiger partial charge < -0.3 is 14.6 Å². The van der Waals surface area contributed by atoms with Crippen molar-refractivity contribution in [1.82, 2.24) is 0 Å². The molecule has 0 fully saturated rings. The predicted octanol–water partition coefficient (Wildman–Crippen LogP) is 2.46. The quantitative estimate of drug-likeness (QED) is 0.678. The minimum Gasteiger partial charge on any atom is -0.457 e. The molecule has 0 heterocycles. The number of hydrogen-bond donors (Lipinski definition) is 1. The van der Waals surface area contributed by atoms with Gasteiger partial charge in [0.2, 0.25) is 0 Å². The molecule has 0 aliphatic carbocycles. The zero-order valence-electron chi connectivity index (χ0n) is 12.1. The van der Waals surface area contributed by atoms with Gasteiger partial charge in [0.25, 0.3) is 0 Å². The van der Waals surface area contributed by atoms with E-state index in [0.29, 0.717) is 0 Å². The Labute approximate surface area is 128 Å². The van der Waals surface area contributed by atoms with Crippen molar-refractivity contribution in [2.24, 2.45) is 0 Å². The molecule has 0 atom stereocenters. The molecule has 2 aromatic carbocycles. The lowest BCUT2D eigenvalue weighted by Gasteiger charge is -2.09. The molecule has 0 saturated heterocycles. The molecule has 1 N–H and O–H groups in total. The summed E-state index contributed by atoms with van der Waals surface area (Å²) in [5, 5.41) is 9.08. The molecule has 114 valence electrons. The van der Waals surface area contributed by atoms with Crippen LogP contribution in [0.1, 0.15) is 28.4 Å². The van der Waals surface area contributed by atoms with Crippen LogP contribution in [0.3, 0.4) is 0 Å². The molecule has 0 spiro atoms. The Balaban J connectivity index is 2.07. The summed E-state index contributed by atoms with van der Waals surface area (Å²) in [5.41, 5.74) is 1.70. The Bertz CT molecular complexity index is 678. The zero-order chi connectivity index (χ0) is 15.9. The second-order valence-electron chi connectivity index (χ2n) is 4.64. The van der Waals surface area contributed by atoms with Crippen molar-refractivity contribution in [3.05, 3.63) is 65.2 Å². The van der Waals surface area contributed by atoms with E-state index in [-0.39, 0.29) is 24.5 Å². The molecule has 0 amide bonds. The second-order valence-corrected chi connectivity index (χ2v) is 4.64. The third-order valence-electron chi connectivity index (χ3n) is 2.90. The lowest BCUT2D eigenvalue weighted by atomic mass is 10.1. The molecule has 0 aliphatic rings. The third kappa shape index (κ3) is 4.17.